The van der Waals surface area contributed by atoms with E-state index in [-0.39, 0.29) is 6.54 Å². The number of amides is 1. The Labute approximate surface area is 113 Å². The minimum absolute atomic E-state index is 0.215. The van der Waals surface area contributed by atoms with Crippen molar-refractivity contribution >= 4 is 17.3 Å². The second kappa shape index (κ2) is 5.52. The van der Waals surface area contributed by atoms with Crippen molar-refractivity contribution in [1.29, 1.82) is 0 Å². The highest BCUT2D eigenvalue weighted by molar-refractivity contribution is 6.11. The molecular weight excluding hydrogens is 273 g/mol. The first kappa shape index (κ1) is 14.4. The SMILES string of the molecule is O=C(CCC(F)(F)F)N1CCC(=NO)c2ccccc21. The summed E-state index contributed by atoms with van der Waals surface area (Å²) in [5.41, 5.74) is 1.49. The lowest BCUT2D eigenvalue weighted by Gasteiger charge is -2.30. The highest BCUT2D eigenvalue weighted by Gasteiger charge is 2.31. The lowest BCUT2D eigenvalue weighted by molar-refractivity contribution is -0.143. The Morgan fingerprint density at radius 2 is 2.05 bits per heavy atom. The third-order valence-corrected chi connectivity index (χ3v) is 3.12. The summed E-state index contributed by atoms with van der Waals surface area (Å²) in [6.07, 6.45) is -5.75. The van der Waals surface area contributed by atoms with E-state index in [0.717, 1.165) is 0 Å². The fourth-order valence-corrected chi connectivity index (χ4v) is 2.17. The van der Waals surface area contributed by atoms with E-state index in [1.165, 1.54) is 4.90 Å². The topological polar surface area (TPSA) is 52.9 Å². The number of alkyl halides is 3. The zero-order valence-electron chi connectivity index (χ0n) is 10.5. The lowest BCUT2D eigenvalue weighted by Crippen LogP contribution is -2.38. The van der Waals surface area contributed by atoms with Crippen LogP contribution in [-0.2, 0) is 4.79 Å². The van der Waals surface area contributed by atoms with Gasteiger partial charge >= 0.3 is 6.18 Å². The molecule has 1 amide bonds. The van der Waals surface area contributed by atoms with Gasteiger partial charge in [0.15, 0.2) is 0 Å². The molecule has 1 aliphatic heterocycles. The summed E-state index contributed by atoms with van der Waals surface area (Å²) in [4.78, 5) is 13.2. The number of fused-ring (bicyclic) bond motifs is 1. The molecule has 1 aromatic rings. The first-order chi connectivity index (χ1) is 9.42. The van der Waals surface area contributed by atoms with Crippen molar-refractivity contribution in [2.24, 2.45) is 5.16 Å². The summed E-state index contributed by atoms with van der Waals surface area (Å²) in [5, 5.41) is 12.1. The molecule has 20 heavy (non-hydrogen) atoms. The summed E-state index contributed by atoms with van der Waals surface area (Å²) >= 11 is 0. The molecule has 0 unspecified atom stereocenters. The molecule has 1 N–H and O–H groups in total. The second-order valence-corrected chi connectivity index (χ2v) is 4.47. The molecule has 0 aromatic heterocycles. The molecule has 4 nitrogen and oxygen atoms in total. The van der Waals surface area contributed by atoms with E-state index in [4.69, 9.17) is 5.21 Å². The van der Waals surface area contributed by atoms with E-state index in [9.17, 15) is 18.0 Å². The minimum atomic E-state index is -4.34. The largest absolute Gasteiger partial charge is 0.411 e. The number of para-hydroxylation sites is 1. The van der Waals surface area contributed by atoms with Crippen molar-refractivity contribution in [3.05, 3.63) is 29.8 Å². The van der Waals surface area contributed by atoms with Crippen molar-refractivity contribution in [2.75, 3.05) is 11.4 Å². The third-order valence-electron chi connectivity index (χ3n) is 3.12. The van der Waals surface area contributed by atoms with Gasteiger partial charge in [0.2, 0.25) is 5.91 Å². The number of halogens is 3. The molecule has 2 rings (SSSR count). The molecule has 1 aliphatic rings. The third kappa shape index (κ3) is 3.09. The van der Waals surface area contributed by atoms with E-state index >= 15 is 0 Å². The van der Waals surface area contributed by atoms with Crippen LogP contribution >= 0.6 is 0 Å². The quantitative estimate of drug-likeness (QED) is 0.671. The van der Waals surface area contributed by atoms with E-state index in [1.54, 1.807) is 24.3 Å². The summed E-state index contributed by atoms with van der Waals surface area (Å²) in [6.45, 7) is 0.215. The van der Waals surface area contributed by atoms with Crippen LogP contribution in [0.5, 0.6) is 0 Å². The van der Waals surface area contributed by atoms with Gasteiger partial charge in [-0.2, -0.15) is 13.2 Å². The van der Waals surface area contributed by atoms with Gasteiger partial charge in [-0.1, -0.05) is 23.4 Å². The van der Waals surface area contributed by atoms with Gasteiger partial charge < -0.3 is 10.1 Å². The summed E-state index contributed by atoms with van der Waals surface area (Å²) in [5.74, 6) is -0.577. The molecule has 0 radical (unpaired) electrons. The second-order valence-electron chi connectivity index (χ2n) is 4.47. The summed E-state index contributed by atoms with van der Waals surface area (Å²) < 4.78 is 36.5. The maximum atomic E-state index is 12.2. The number of benzene rings is 1. The Morgan fingerprint density at radius 1 is 1.35 bits per heavy atom. The van der Waals surface area contributed by atoms with Crippen LogP contribution in [0.3, 0.4) is 0 Å². The van der Waals surface area contributed by atoms with Crippen LogP contribution in [0, 0.1) is 0 Å². The van der Waals surface area contributed by atoms with Gasteiger partial charge in [0.25, 0.3) is 0 Å². The average Bonchev–Trinajstić information content (AvgIpc) is 2.42. The van der Waals surface area contributed by atoms with Gasteiger partial charge in [-0.15, -0.1) is 0 Å². The molecule has 108 valence electrons. The Bertz CT molecular complexity index is 541. The number of nitrogens with zero attached hydrogens (tertiary/aromatic N) is 2. The van der Waals surface area contributed by atoms with Crippen LogP contribution in [0.25, 0.3) is 0 Å². The van der Waals surface area contributed by atoms with Gasteiger partial charge in [0.1, 0.15) is 0 Å². The Kier molecular flexibility index (Phi) is 3.96. The van der Waals surface area contributed by atoms with E-state index < -0.39 is 24.9 Å². The molecule has 7 heteroatoms. The molecule has 0 atom stereocenters. The molecule has 0 spiro atoms. The van der Waals surface area contributed by atoms with Gasteiger partial charge in [-0.25, -0.2) is 0 Å². The zero-order chi connectivity index (χ0) is 14.8. The van der Waals surface area contributed by atoms with Gasteiger partial charge in [0.05, 0.1) is 17.8 Å². The minimum Gasteiger partial charge on any atom is -0.411 e. The van der Waals surface area contributed by atoms with Crippen molar-refractivity contribution < 1.29 is 23.2 Å². The molecule has 1 heterocycles. The lowest BCUT2D eigenvalue weighted by atomic mass is 9.99. The molecule has 0 saturated heterocycles. The molecule has 0 fully saturated rings. The van der Waals surface area contributed by atoms with E-state index in [1.807, 2.05) is 0 Å². The smallest absolute Gasteiger partial charge is 0.389 e. The first-order valence-electron chi connectivity index (χ1n) is 6.10. The highest BCUT2D eigenvalue weighted by atomic mass is 19.4. The number of oxime groups is 1. The molecular formula is C13H13F3N2O2. The van der Waals surface area contributed by atoms with Gasteiger partial charge in [-0.05, 0) is 6.07 Å². The van der Waals surface area contributed by atoms with Gasteiger partial charge in [0, 0.05) is 24.9 Å². The van der Waals surface area contributed by atoms with Crippen LogP contribution in [0.1, 0.15) is 24.8 Å². The Balaban J connectivity index is 2.20. The van der Waals surface area contributed by atoms with Crippen molar-refractivity contribution in [3.8, 4) is 0 Å². The van der Waals surface area contributed by atoms with E-state index in [2.05, 4.69) is 5.16 Å². The van der Waals surface area contributed by atoms with Crippen molar-refractivity contribution in [2.45, 2.75) is 25.4 Å². The fraction of sp³-hybridized carbons (Fsp3) is 0.385. The Morgan fingerprint density at radius 3 is 2.70 bits per heavy atom. The normalized spacial score (nSPS) is 17.1. The summed E-state index contributed by atoms with van der Waals surface area (Å²) in [7, 11) is 0. The summed E-state index contributed by atoms with van der Waals surface area (Å²) in [6, 6.07) is 6.70. The predicted molar refractivity (Wildman–Crippen MR) is 67.0 cm³/mol. The number of hydrogen-bond donors (Lipinski definition) is 1. The Hall–Kier alpha value is -2.05. The standard InChI is InChI=1S/C13H13F3N2O2/c14-13(15,16)7-5-12(19)18-8-6-10(17-20)9-3-1-2-4-11(9)18/h1-4,20H,5-8H2. The van der Waals surface area contributed by atoms with Crippen LogP contribution in [-0.4, -0.2) is 29.5 Å². The zero-order valence-corrected chi connectivity index (χ0v) is 10.5. The van der Waals surface area contributed by atoms with Crippen molar-refractivity contribution in [3.63, 3.8) is 0 Å². The van der Waals surface area contributed by atoms with Gasteiger partial charge in [-0.3, -0.25) is 4.79 Å². The first-order valence-corrected chi connectivity index (χ1v) is 6.10. The number of carbonyl (C=O) groups is 1. The molecule has 0 bridgehead atoms. The molecule has 0 aliphatic carbocycles. The van der Waals surface area contributed by atoms with Crippen LogP contribution in [0.4, 0.5) is 18.9 Å². The number of carbonyl (C=O) groups excluding carboxylic acids is 1. The number of anilines is 1. The maximum Gasteiger partial charge on any atom is 0.389 e. The van der Waals surface area contributed by atoms with Crippen LogP contribution in [0.2, 0.25) is 0 Å². The van der Waals surface area contributed by atoms with Crippen LogP contribution in [0.15, 0.2) is 29.4 Å². The number of rotatable bonds is 2. The highest BCUT2D eigenvalue weighted by Crippen LogP contribution is 2.29. The predicted octanol–water partition coefficient (Wildman–Crippen LogP) is 2.94. The molecule has 1 aromatic carbocycles. The maximum absolute atomic E-state index is 12.2. The fourth-order valence-electron chi connectivity index (χ4n) is 2.17. The molecule has 0 saturated carbocycles. The average molecular weight is 286 g/mol. The van der Waals surface area contributed by atoms with Crippen LogP contribution < -0.4 is 4.90 Å². The number of hydrogen-bond acceptors (Lipinski definition) is 3. The van der Waals surface area contributed by atoms with E-state index in [0.29, 0.717) is 23.4 Å². The monoisotopic (exact) mass is 286 g/mol. The van der Waals surface area contributed by atoms with Crippen molar-refractivity contribution in [1.82, 2.24) is 0 Å².